The van der Waals surface area contributed by atoms with E-state index in [0.717, 1.165) is 25.9 Å². The van der Waals surface area contributed by atoms with E-state index in [4.69, 9.17) is 5.11 Å². The number of hydrogen-bond donors (Lipinski definition) is 2. The van der Waals surface area contributed by atoms with E-state index in [2.05, 4.69) is 17.5 Å². The van der Waals surface area contributed by atoms with Gasteiger partial charge in [-0.2, -0.15) is 0 Å². The van der Waals surface area contributed by atoms with Gasteiger partial charge in [0.05, 0.1) is 0 Å². The number of nitrogens with one attached hydrogen (secondary N) is 1. The van der Waals surface area contributed by atoms with Gasteiger partial charge in [0.25, 0.3) is 0 Å². The smallest absolute Gasteiger partial charge is 0.0471 e. The monoisotopic (exact) mass is 169 g/mol. The van der Waals surface area contributed by atoms with E-state index in [9.17, 15) is 0 Å². The Kier molecular flexibility index (Phi) is 5.04. The molecule has 0 aromatic rings. The van der Waals surface area contributed by atoms with Crippen LogP contribution in [0.4, 0.5) is 0 Å². The second-order valence-electron chi connectivity index (χ2n) is 3.44. The summed E-state index contributed by atoms with van der Waals surface area (Å²) < 4.78 is 0. The number of allylic oxidation sites excluding steroid dienone is 2. The summed E-state index contributed by atoms with van der Waals surface area (Å²) in [7, 11) is 0. The molecule has 0 aromatic heterocycles. The molecule has 1 atom stereocenters. The van der Waals surface area contributed by atoms with Crippen LogP contribution in [0.15, 0.2) is 12.2 Å². The van der Waals surface area contributed by atoms with Gasteiger partial charge in [-0.15, -0.1) is 0 Å². The highest BCUT2D eigenvalue weighted by atomic mass is 16.3. The van der Waals surface area contributed by atoms with Crippen molar-refractivity contribution in [1.82, 2.24) is 5.32 Å². The van der Waals surface area contributed by atoms with E-state index < -0.39 is 0 Å². The Bertz CT molecular complexity index is 134. The Labute approximate surface area is 74.7 Å². The summed E-state index contributed by atoms with van der Waals surface area (Å²) in [5, 5.41) is 12.4. The zero-order chi connectivity index (χ0) is 8.65. The van der Waals surface area contributed by atoms with Crippen LogP contribution in [0.25, 0.3) is 0 Å². The maximum absolute atomic E-state index is 9.01. The van der Waals surface area contributed by atoms with Crippen molar-refractivity contribution in [2.24, 2.45) is 5.92 Å². The molecule has 0 bridgehead atoms. The van der Waals surface area contributed by atoms with Crippen molar-refractivity contribution < 1.29 is 5.11 Å². The zero-order valence-corrected chi connectivity index (χ0v) is 7.63. The second kappa shape index (κ2) is 6.21. The van der Waals surface area contributed by atoms with E-state index in [1.807, 2.05) is 0 Å². The average molecular weight is 169 g/mol. The minimum Gasteiger partial charge on any atom is -0.396 e. The lowest BCUT2D eigenvalue weighted by molar-refractivity contribution is 0.215. The topological polar surface area (TPSA) is 32.3 Å². The van der Waals surface area contributed by atoms with Gasteiger partial charge in [-0.1, -0.05) is 12.2 Å². The van der Waals surface area contributed by atoms with Crippen LogP contribution in [0.3, 0.4) is 0 Å². The quantitative estimate of drug-likeness (QED) is 0.580. The van der Waals surface area contributed by atoms with Crippen LogP contribution in [0.2, 0.25) is 0 Å². The summed E-state index contributed by atoms with van der Waals surface area (Å²) in [6, 6.07) is 0. The van der Waals surface area contributed by atoms with Crippen molar-refractivity contribution in [3.8, 4) is 0 Å². The average Bonchev–Trinajstić information content (AvgIpc) is 2.14. The number of aliphatic hydroxyl groups excluding tert-OH is 1. The van der Waals surface area contributed by atoms with Crippen LogP contribution >= 0.6 is 0 Å². The summed E-state index contributed by atoms with van der Waals surface area (Å²) in [6.45, 7) is 2.38. The van der Waals surface area contributed by atoms with E-state index in [1.165, 1.54) is 12.8 Å². The molecule has 0 radical (unpaired) electrons. The van der Waals surface area contributed by atoms with Gasteiger partial charge in [0.2, 0.25) is 0 Å². The molecular weight excluding hydrogens is 150 g/mol. The maximum atomic E-state index is 9.01. The normalized spacial score (nSPS) is 29.6. The predicted molar refractivity (Wildman–Crippen MR) is 51.1 cm³/mol. The molecule has 0 saturated carbocycles. The van der Waals surface area contributed by atoms with Crippen LogP contribution in [0, 0.1) is 5.92 Å². The Morgan fingerprint density at radius 2 is 2.17 bits per heavy atom. The summed E-state index contributed by atoms with van der Waals surface area (Å²) >= 11 is 0. The Hall–Kier alpha value is -0.340. The van der Waals surface area contributed by atoms with Gasteiger partial charge in [0.15, 0.2) is 0 Å². The molecule has 1 aliphatic rings. The van der Waals surface area contributed by atoms with Crippen molar-refractivity contribution in [1.29, 1.82) is 0 Å². The van der Waals surface area contributed by atoms with Gasteiger partial charge in [-0.3, -0.25) is 0 Å². The molecule has 1 heterocycles. The van der Waals surface area contributed by atoms with Crippen molar-refractivity contribution >= 4 is 0 Å². The summed E-state index contributed by atoms with van der Waals surface area (Å²) in [6.07, 6.45) is 9.13. The predicted octanol–water partition coefficient (Wildman–Crippen LogP) is 1.31. The van der Waals surface area contributed by atoms with Gasteiger partial charge in [-0.25, -0.2) is 0 Å². The fourth-order valence-electron chi connectivity index (χ4n) is 1.48. The molecule has 0 spiro atoms. The maximum Gasteiger partial charge on any atom is 0.0471 e. The molecule has 2 nitrogen and oxygen atoms in total. The van der Waals surface area contributed by atoms with Crippen molar-refractivity contribution in [2.45, 2.75) is 25.7 Å². The Balaban J connectivity index is 2.27. The molecule has 0 unspecified atom stereocenters. The molecule has 0 fully saturated rings. The van der Waals surface area contributed by atoms with Gasteiger partial charge in [0, 0.05) is 13.2 Å². The van der Waals surface area contributed by atoms with Gasteiger partial charge in [-0.05, 0) is 38.1 Å². The van der Waals surface area contributed by atoms with Crippen molar-refractivity contribution in [3.63, 3.8) is 0 Å². The standard InChI is InChI=1S/C10H19NO/c12-9-10-6-4-2-1-3-5-7-11-8-10/h1-2,10-12H,3-9H2/b2-1-/t10-/m1/s1. The fraction of sp³-hybridized carbons (Fsp3) is 0.800. The van der Waals surface area contributed by atoms with E-state index >= 15 is 0 Å². The molecule has 2 heteroatoms. The highest BCUT2D eigenvalue weighted by molar-refractivity contribution is 4.83. The lowest BCUT2D eigenvalue weighted by Gasteiger charge is -2.14. The number of aliphatic hydroxyl groups is 1. The highest BCUT2D eigenvalue weighted by Gasteiger charge is 2.05. The van der Waals surface area contributed by atoms with Crippen LogP contribution in [-0.4, -0.2) is 24.8 Å². The van der Waals surface area contributed by atoms with Crippen molar-refractivity contribution in [3.05, 3.63) is 12.2 Å². The minimum absolute atomic E-state index is 0.320. The molecule has 0 aromatic carbocycles. The fourth-order valence-corrected chi connectivity index (χ4v) is 1.48. The molecule has 0 amide bonds. The van der Waals surface area contributed by atoms with Crippen LogP contribution < -0.4 is 5.32 Å². The highest BCUT2D eigenvalue weighted by Crippen LogP contribution is 2.07. The third kappa shape index (κ3) is 3.88. The Morgan fingerprint density at radius 3 is 3.00 bits per heavy atom. The van der Waals surface area contributed by atoms with E-state index in [0.29, 0.717) is 12.5 Å². The van der Waals surface area contributed by atoms with Crippen LogP contribution in [0.5, 0.6) is 0 Å². The van der Waals surface area contributed by atoms with Gasteiger partial charge < -0.3 is 10.4 Å². The lowest BCUT2D eigenvalue weighted by atomic mass is 10.0. The molecule has 0 saturated heterocycles. The van der Waals surface area contributed by atoms with Crippen molar-refractivity contribution in [2.75, 3.05) is 19.7 Å². The molecule has 1 aliphatic heterocycles. The Morgan fingerprint density at radius 1 is 1.33 bits per heavy atom. The molecule has 12 heavy (non-hydrogen) atoms. The van der Waals surface area contributed by atoms with Gasteiger partial charge in [0.1, 0.15) is 0 Å². The van der Waals surface area contributed by atoms with Gasteiger partial charge >= 0.3 is 0 Å². The summed E-state index contributed by atoms with van der Waals surface area (Å²) in [5.74, 6) is 0.452. The van der Waals surface area contributed by atoms with Crippen LogP contribution in [0.1, 0.15) is 25.7 Å². The van der Waals surface area contributed by atoms with Crippen LogP contribution in [-0.2, 0) is 0 Å². The molecular formula is C10H19NO. The summed E-state index contributed by atoms with van der Waals surface area (Å²) in [5.41, 5.74) is 0. The first-order chi connectivity index (χ1) is 5.93. The molecule has 70 valence electrons. The second-order valence-corrected chi connectivity index (χ2v) is 3.44. The lowest BCUT2D eigenvalue weighted by Crippen LogP contribution is -2.26. The van der Waals surface area contributed by atoms with E-state index in [-0.39, 0.29) is 0 Å². The SMILES string of the molecule is OC[C@@H]1CC/C=C\CCCNC1. The zero-order valence-electron chi connectivity index (χ0n) is 7.63. The number of hydrogen-bond acceptors (Lipinski definition) is 2. The third-order valence-electron chi connectivity index (χ3n) is 2.32. The minimum atomic E-state index is 0.320. The molecule has 0 aliphatic carbocycles. The largest absolute Gasteiger partial charge is 0.396 e. The summed E-state index contributed by atoms with van der Waals surface area (Å²) in [4.78, 5) is 0. The third-order valence-corrected chi connectivity index (χ3v) is 2.32. The molecule has 2 N–H and O–H groups in total. The number of rotatable bonds is 1. The first kappa shape index (κ1) is 9.75. The van der Waals surface area contributed by atoms with E-state index in [1.54, 1.807) is 0 Å². The first-order valence-electron chi connectivity index (χ1n) is 4.90. The molecule has 1 rings (SSSR count). The first-order valence-corrected chi connectivity index (χ1v) is 4.90.